The molecule has 4 heteroatoms. The summed E-state index contributed by atoms with van der Waals surface area (Å²) >= 11 is 9.65. The Balaban J connectivity index is 2.28. The predicted octanol–water partition coefficient (Wildman–Crippen LogP) is 4.31. The van der Waals surface area contributed by atoms with Gasteiger partial charge in [0.25, 0.3) is 0 Å². The maximum atomic E-state index is 6.20. The van der Waals surface area contributed by atoms with Crippen LogP contribution in [0.2, 0.25) is 5.02 Å². The summed E-state index contributed by atoms with van der Waals surface area (Å²) in [6.45, 7) is 2.06. The number of halogens is 2. The third-order valence-electron chi connectivity index (χ3n) is 3.23. The van der Waals surface area contributed by atoms with Crippen LogP contribution in [0, 0.1) is 6.92 Å². The summed E-state index contributed by atoms with van der Waals surface area (Å²) < 4.78 is 1.00. The van der Waals surface area contributed by atoms with Crippen molar-refractivity contribution in [3.05, 3.63) is 62.8 Å². The molecule has 0 aliphatic carbocycles. The number of benzene rings is 1. The van der Waals surface area contributed by atoms with Crippen LogP contribution in [0.1, 0.15) is 22.7 Å². The topological polar surface area (TPSA) is 24.9 Å². The Kier molecular flexibility index (Phi) is 4.97. The SMILES string of the molecule is CNC(Cc1cncc(Br)c1)c1cccc(Cl)c1C. The highest BCUT2D eigenvalue weighted by molar-refractivity contribution is 9.10. The molecule has 2 aromatic rings. The number of hydrogen-bond acceptors (Lipinski definition) is 2. The number of hydrogen-bond donors (Lipinski definition) is 1. The van der Waals surface area contributed by atoms with Crippen molar-refractivity contribution in [3.63, 3.8) is 0 Å². The van der Waals surface area contributed by atoms with Crippen molar-refractivity contribution < 1.29 is 0 Å². The molecule has 1 aromatic carbocycles. The van der Waals surface area contributed by atoms with Gasteiger partial charge >= 0.3 is 0 Å². The molecule has 0 fully saturated rings. The molecule has 0 aliphatic rings. The Morgan fingerprint density at radius 3 is 2.84 bits per heavy atom. The maximum absolute atomic E-state index is 6.20. The van der Waals surface area contributed by atoms with Gasteiger partial charge in [0.1, 0.15) is 0 Å². The molecule has 0 saturated carbocycles. The molecule has 1 atom stereocenters. The summed E-state index contributed by atoms with van der Waals surface area (Å²) in [4.78, 5) is 4.20. The van der Waals surface area contributed by atoms with Gasteiger partial charge in [-0.2, -0.15) is 0 Å². The van der Waals surface area contributed by atoms with Crippen LogP contribution in [0.25, 0.3) is 0 Å². The Morgan fingerprint density at radius 2 is 2.16 bits per heavy atom. The molecule has 1 aromatic heterocycles. The van der Waals surface area contributed by atoms with Gasteiger partial charge in [-0.05, 0) is 65.1 Å². The largest absolute Gasteiger partial charge is 0.313 e. The zero-order chi connectivity index (χ0) is 13.8. The standard InChI is InChI=1S/C15H16BrClN2/c1-10-13(4-3-5-14(10)17)15(18-2)7-11-6-12(16)9-19-8-11/h3-6,8-9,15,18H,7H2,1-2H3. The van der Waals surface area contributed by atoms with Crippen LogP contribution >= 0.6 is 27.5 Å². The molecular weight excluding hydrogens is 324 g/mol. The number of rotatable bonds is 4. The molecular formula is C15H16BrClN2. The first-order chi connectivity index (χ1) is 9.11. The zero-order valence-electron chi connectivity index (χ0n) is 11.0. The zero-order valence-corrected chi connectivity index (χ0v) is 13.3. The van der Waals surface area contributed by atoms with E-state index in [-0.39, 0.29) is 6.04 Å². The highest BCUT2D eigenvalue weighted by Crippen LogP contribution is 2.26. The van der Waals surface area contributed by atoms with Crippen LogP contribution in [0.15, 0.2) is 41.1 Å². The lowest BCUT2D eigenvalue weighted by molar-refractivity contribution is 0.588. The van der Waals surface area contributed by atoms with E-state index in [4.69, 9.17) is 11.6 Å². The van der Waals surface area contributed by atoms with Crippen molar-refractivity contribution >= 4 is 27.5 Å². The van der Waals surface area contributed by atoms with E-state index in [9.17, 15) is 0 Å². The Bertz CT molecular complexity index is 572. The van der Waals surface area contributed by atoms with Crippen molar-refractivity contribution in [2.45, 2.75) is 19.4 Å². The molecule has 1 heterocycles. The quantitative estimate of drug-likeness (QED) is 0.898. The molecule has 100 valence electrons. The minimum atomic E-state index is 0.231. The third-order valence-corrected chi connectivity index (χ3v) is 4.08. The number of nitrogens with one attached hydrogen (secondary N) is 1. The fourth-order valence-corrected chi connectivity index (χ4v) is 2.77. The van der Waals surface area contributed by atoms with Crippen LogP contribution in [0.3, 0.4) is 0 Å². The van der Waals surface area contributed by atoms with E-state index < -0.39 is 0 Å². The normalized spacial score (nSPS) is 12.4. The smallest absolute Gasteiger partial charge is 0.0438 e. The fourth-order valence-electron chi connectivity index (χ4n) is 2.17. The van der Waals surface area contributed by atoms with Gasteiger partial charge in [0.15, 0.2) is 0 Å². The van der Waals surface area contributed by atoms with E-state index in [2.05, 4.69) is 45.3 Å². The number of pyridine rings is 1. The summed E-state index contributed by atoms with van der Waals surface area (Å²) in [6, 6.07) is 8.36. The highest BCUT2D eigenvalue weighted by atomic mass is 79.9. The van der Waals surface area contributed by atoms with E-state index in [1.54, 1.807) is 6.20 Å². The van der Waals surface area contributed by atoms with Crippen LogP contribution < -0.4 is 5.32 Å². The molecule has 1 unspecified atom stereocenters. The second-order valence-electron chi connectivity index (χ2n) is 4.51. The van der Waals surface area contributed by atoms with Gasteiger partial charge in [0.2, 0.25) is 0 Å². The van der Waals surface area contributed by atoms with Gasteiger partial charge in [-0.3, -0.25) is 4.98 Å². The van der Waals surface area contributed by atoms with Gasteiger partial charge in [-0.1, -0.05) is 23.7 Å². The molecule has 0 radical (unpaired) electrons. The van der Waals surface area contributed by atoms with Crippen molar-refractivity contribution in [2.75, 3.05) is 7.05 Å². The Morgan fingerprint density at radius 1 is 1.37 bits per heavy atom. The molecule has 2 nitrogen and oxygen atoms in total. The lowest BCUT2D eigenvalue weighted by Crippen LogP contribution is -2.20. The summed E-state index contributed by atoms with van der Waals surface area (Å²) in [5.41, 5.74) is 3.55. The summed E-state index contributed by atoms with van der Waals surface area (Å²) in [5, 5.41) is 4.16. The third kappa shape index (κ3) is 3.56. The van der Waals surface area contributed by atoms with Gasteiger partial charge in [0, 0.05) is 27.9 Å². The average molecular weight is 340 g/mol. The molecule has 0 bridgehead atoms. The minimum Gasteiger partial charge on any atom is -0.313 e. The predicted molar refractivity (Wildman–Crippen MR) is 83.6 cm³/mol. The van der Waals surface area contributed by atoms with Gasteiger partial charge in [-0.15, -0.1) is 0 Å². The minimum absolute atomic E-state index is 0.231. The maximum Gasteiger partial charge on any atom is 0.0438 e. The van der Waals surface area contributed by atoms with Crippen molar-refractivity contribution in [3.8, 4) is 0 Å². The molecule has 2 rings (SSSR count). The fraction of sp³-hybridized carbons (Fsp3) is 0.267. The lowest BCUT2D eigenvalue weighted by Gasteiger charge is -2.19. The van der Waals surface area contributed by atoms with Crippen LogP contribution in [0.5, 0.6) is 0 Å². The lowest BCUT2D eigenvalue weighted by atomic mass is 9.96. The molecule has 19 heavy (non-hydrogen) atoms. The van der Waals surface area contributed by atoms with E-state index in [0.29, 0.717) is 0 Å². The Hall–Kier alpha value is -0.900. The summed E-state index contributed by atoms with van der Waals surface area (Å²) in [5.74, 6) is 0. The first-order valence-corrected chi connectivity index (χ1v) is 7.30. The molecule has 1 N–H and O–H groups in total. The van der Waals surface area contributed by atoms with Crippen molar-refractivity contribution in [2.24, 2.45) is 0 Å². The van der Waals surface area contributed by atoms with Crippen LogP contribution in [-0.2, 0) is 6.42 Å². The second kappa shape index (κ2) is 6.51. The highest BCUT2D eigenvalue weighted by Gasteiger charge is 2.14. The summed E-state index contributed by atoms with van der Waals surface area (Å²) in [7, 11) is 1.97. The van der Waals surface area contributed by atoms with E-state index in [1.165, 1.54) is 11.1 Å². The Labute approximate surface area is 127 Å². The molecule has 0 saturated heterocycles. The number of nitrogens with zero attached hydrogens (tertiary/aromatic N) is 1. The monoisotopic (exact) mass is 338 g/mol. The van der Waals surface area contributed by atoms with E-state index >= 15 is 0 Å². The molecule has 0 aliphatic heterocycles. The van der Waals surface area contributed by atoms with Gasteiger partial charge in [0.05, 0.1) is 0 Å². The number of aromatic nitrogens is 1. The second-order valence-corrected chi connectivity index (χ2v) is 5.83. The molecule has 0 spiro atoms. The van der Waals surface area contributed by atoms with Gasteiger partial charge < -0.3 is 5.32 Å². The van der Waals surface area contributed by atoms with Crippen molar-refractivity contribution in [1.82, 2.24) is 10.3 Å². The van der Waals surface area contributed by atoms with E-state index in [1.807, 2.05) is 25.4 Å². The first-order valence-electron chi connectivity index (χ1n) is 6.13. The average Bonchev–Trinajstić information content (AvgIpc) is 2.40. The summed E-state index contributed by atoms with van der Waals surface area (Å²) in [6.07, 6.45) is 4.57. The van der Waals surface area contributed by atoms with Crippen LogP contribution in [0.4, 0.5) is 0 Å². The first kappa shape index (κ1) is 14.5. The van der Waals surface area contributed by atoms with Crippen molar-refractivity contribution in [1.29, 1.82) is 0 Å². The van der Waals surface area contributed by atoms with E-state index in [0.717, 1.165) is 21.5 Å². The van der Waals surface area contributed by atoms with Gasteiger partial charge in [-0.25, -0.2) is 0 Å². The molecule has 0 amide bonds. The van der Waals surface area contributed by atoms with Crippen LogP contribution in [-0.4, -0.2) is 12.0 Å². The number of likely N-dealkylation sites (N-methyl/N-ethyl adjacent to an activating group) is 1.